The van der Waals surface area contributed by atoms with Gasteiger partial charge in [0, 0.05) is 36.7 Å². The summed E-state index contributed by atoms with van der Waals surface area (Å²) in [4.78, 5) is 15.1. The summed E-state index contributed by atoms with van der Waals surface area (Å²) in [5, 5.41) is 10.3. The average molecular weight is 342 g/mol. The molecule has 0 aromatic carbocycles. The van der Waals surface area contributed by atoms with E-state index in [9.17, 15) is 4.79 Å². The van der Waals surface area contributed by atoms with Crippen molar-refractivity contribution in [2.75, 3.05) is 13.1 Å². The zero-order valence-electron chi connectivity index (χ0n) is 14.8. The highest BCUT2D eigenvalue weighted by atomic mass is 16.4. The molecule has 1 aliphatic heterocycles. The Kier molecular flexibility index (Phi) is 4.61. The van der Waals surface area contributed by atoms with Gasteiger partial charge >= 0.3 is 0 Å². The Hall–Kier alpha value is -2.08. The molecule has 6 heteroatoms. The average Bonchev–Trinajstić information content (AvgIpc) is 3.35. The van der Waals surface area contributed by atoms with Crippen LogP contribution in [0.4, 0.5) is 0 Å². The molecule has 0 radical (unpaired) electrons. The molecule has 2 aromatic heterocycles. The predicted octanol–water partition coefficient (Wildman–Crippen LogP) is 2.45. The summed E-state index contributed by atoms with van der Waals surface area (Å²) in [6.45, 7) is 5.25. The zero-order chi connectivity index (χ0) is 17.2. The molecule has 1 atom stereocenters. The van der Waals surface area contributed by atoms with E-state index >= 15 is 0 Å². The predicted molar refractivity (Wildman–Crippen MR) is 94.5 cm³/mol. The van der Waals surface area contributed by atoms with Gasteiger partial charge in [0.15, 0.2) is 5.76 Å². The fourth-order valence-corrected chi connectivity index (χ4v) is 3.98. The van der Waals surface area contributed by atoms with Crippen LogP contribution in [-0.2, 0) is 25.8 Å². The molecule has 2 aliphatic rings. The molecule has 4 rings (SSSR count). The lowest BCUT2D eigenvalue weighted by molar-refractivity contribution is 0.0903. The fourth-order valence-electron chi connectivity index (χ4n) is 3.98. The number of likely N-dealkylation sites (tertiary alicyclic amines) is 1. The summed E-state index contributed by atoms with van der Waals surface area (Å²) in [6, 6.07) is 2.08. The van der Waals surface area contributed by atoms with Gasteiger partial charge in [-0.05, 0) is 50.4 Å². The summed E-state index contributed by atoms with van der Waals surface area (Å²) in [6.07, 6.45) is 7.95. The normalized spacial score (nSPS) is 20.6. The lowest BCUT2D eigenvalue weighted by Gasteiger charge is -2.22. The number of aromatic amines is 1. The SMILES string of the molecule is CCc1oc(C(=O)N[C@H]2CCc3cn[nH]c3C2)cc1CN1CCCC1. The highest BCUT2D eigenvalue weighted by Crippen LogP contribution is 2.22. The first-order valence-corrected chi connectivity index (χ1v) is 9.39. The van der Waals surface area contributed by atoms with E-state index in [2.05, 4.69) is 27.3 Å². The van der Waals surface area contributed by atoms with Crippen molar-refractivity contribution in [3.05, 3.63) is 40.6 Å². The van der Waals surface area contributed by atoms with Crippen LogP contribution in [0.3, 0.4) is 0 Å². The third-order valence-electron chi connectivity index (χ3n) is 5.39. The van der Waals surface area contributed by atoms with Crippen molar-refractivity contribution in [1.82, 2.24) is 20.4 Å². The lowest BCUT2D eigenvalue weighted by atomic mass is 9.94. The van der Waals surface area contributed by atoms with Crippen molar-refractivity contribution in [2.24, 2.45) is 0 Å². The Morgan fingerprint density at radius 3 is 3.08 bits per heavy atom. The number of nitrogens with one attached hydrogen (secondary N) is 2. The highest BCUT2D eigenvalue weighted by molar-refractivity contribution is 5.92. The van der Waals surface area contributed by atoms with Gasteiger partial charge in [0.1, 0.15) is 5.76 Å². The number of fused-ring (bicyclic) bond motifs is 1. The van der Waals surface area contributed by atoms with Crippen LogP contribution in [0.25, 0.3) is 0 Å². The van der Waals surface area contributed by atoms with Gasteiger partial charge < -0.3 is 9.73 Å². The topological polar surface area (TPSA) is 74.2 Å². The molecule has 2 aromatic rings. The molecule has 0 bridgehead atoms. The van der Waals surface area contributed by atoms with E-state index in [1.807, 2.05) is 12.3 Å². The van der Waals surface area contributed by atoms with Crippen LogP contribution in [0.15, 0.2) is 16.7 Å². The van der Waals surface area contributed by atoms with E-state index in [-0.39, 0.29) is 11.9 Å². The molecule has 2 N–H and O–H groups in total. The van der Waals surface area contributed by atoms with Crippen LogP contribution in [0.5, 0.6) is 0 Å². The molecule has 0 spiro atoms. The minimum absolute atomic E-state index is 0.102. The second kappa shape index (κ2) is 7.04. The van der Waals surface area contributed by atoms with Crippen LogP contribution in [0, 0.1) is 0 Å². The molecule has 1 saturated heterocycles. The molecule has 25 heavy (non-hydrogen) atoms. The Balaban J connectivity index is 1.42. The van der Waals surface area contributed by atoms with E-state index in [4.69, 9.17) is 4.42 Å². The molecule has 0 unspecified atom stereocenters. The Morgan fingerprint density at radius 1 is 1.44 bits per heavy atom. The summed E-state index contributed by atoms with van der Waals surface area (Å²) >= 11 is 0. The molecule has 1 fully saturated rings. The second-order valence-electron chi connectivity index (χ2n) is 7.18. The number of amides is 1. The minimum atomic E-state index is -0.102. The maximum absolute atomic E-state index is 12.6. The first-order chi connectivity index (χ1) is 12.2. The quantitative estimate of drug-likeness (QED) is 0.875. The van der Waals surface area contributed by atoms with E-state index in [1.54, 1.807) is 0 Å². The van der Waals surface area contributed by atoms with Crippen molar-refractivity contribution in [3.8, 4) is 0 Å². The number of carbonyl (C=O) groups is 1. The number of hydrogen-bond donors (Lipinski definition) is 2. The van der Waals surface area contributed by atoms with Gasteiger partial charge in [-0.1, -0.05) is 6.92 Å². The minimum Gasteiger partial charge on any atom is -0.456 e. The molecule has 134 valence electrons. The van der Waals surface area contributed by atoms with Gasteiger partial charge in [-0.15, -0.1) is 0 Å². The van der Waals surface area contributed by atoms with Crippen molar-refractivity contribution in [3.63, 3.8) is 0 Å². The maximum Gasteiger partial charge on any atom is 0.287 e. The summed E-state index contributed by atoms with van der Waals surface area (Å²) < 4.78 is 5.87. The molecule has 1 amide bonds. The monoisotopic (exact) mass is 342 g/mol. The summed E-state index contributed by atoms with van der Waals surface area (Å²) in [5.41, 5.74) is 3.57. The zero-order valence-corrected chi connectivity index (χ0v) is 14.8. The van der Waals surface area contributed by atoms with E-state index in [1.165, 1.54) is 18.4 Å². The number of nitrogens with zero attached hydrogens (tertiary/aromatic N) is 2. The molecule has 0 saturated carbocycles. The Morgan fingerprint density at radius 2 is 2.28 bits per heavy atom. The largest absolute Gasteiger partial charge is 0.456 e. The standard InChI is InChI=1S/C19H26N4O2/c1-2-17-14(12-23-7-3-4-8-23)9-18(25-17)19(24)21-15-6-5-13-11-20-22-16(13)10-15/h9,11,15H,2-8,10,12H2,1H3,(H,20,22)(H,21,24)/t15-/m0/s1. The van der Waals surface area contributed by atoms with Gasteiger partial charge in [0.05, 0.1) is 6.20 Å². The van der Waals surface area contributed by atoms with Crippen LogP contribution in [0.1, 0.15) is 59.3 Å². The van der Waals surface area contributed by atoms with Crippen molar-refractivity contribution < 1.29 is 9.21 Å². The number of aryl methyl sites for hydroxylation is 2. The molecular formula is C19H26N4O2. The van der Waals surface area contributed by atoms with Crippen LogP contribution < -0.4 is 5.32 Å². The Bertz CT molecular complexity index is 742. The van der Waals surface area contributed by atoms with E-state index in [0.717, 1.165) is 62.3 Å². The summed E-state index contributed by atoms with van der Waals surface area (Å²) in [5.74, 6) is 1.29. The van der Waals surface area contributed by atoms with Crippen molar-refractivity contribution in [1.29, 1.82) is 0 Å². The van der Waals surface area contributed by atoms with Gasteiger partial charge in [-0.25, -0.2) is 0 Å². The van der Waals surface area contributed by atoms with Gasteiger partial charge in [-0.3, -0.25) is 14.8 Å². The van der Waals surface area contributed by atoms with Crippen LogP contribution in [0.2, 0.25) is 0 Å². The molecular weight excluding hydrogens is 316 g/mol. The number of H-pyrrole nitrogens is 1. The molecule has 3 heterocycles. The number of hydrogen-bond acceptors (Lipinski definition) is 4. The van der Waals surface area contributed by atoms with Gasteiger partial charge in [0.2, 0.25) is 0 Å². The highest BCUT2D eigenvalue weighted by Gasteiger charge is 2.24. The molecule has 1 aliphatic carbocycles. The second-order valence-corrected chi connectivity index (χ2v) is 7.18. The smallest absolute Gasteiger partial charge is 0.287 e. The maximum atomic E-state index is 12.6. The third kappa shape index (κ3) is 3.49. The number of furan rings is 1. The molecule has 6 nitrogen and oxygen atoms in total. The van der Waals surface area contributed by atoms with Crippen LogP contribution >= 0.6 is 0 Å². The van der Waals surface area contributed by atoms with Crippen molar-refractivity contribution in [2.45, 2.75) is 58.0 Å². The van der Waals surface area contributed by atoms with Crippen LogP contribution in [-0.4, -0.2) is 40.1 Å². The number of carbonyl (C=O) groups excluding carboxylic acids is 1. The van der Waals surface area contributed by atoms with E-state index in [0.29, 0.717) is 5.76 Å². The van der Waals surface area contributed by atoms with Crippen molar-refractivity contribution >= 4 is 5.91 Å². The first-order valence-electron chi connectivity index (χ1n) is 9.39. The van der Waals surface area contributed by atoms with Gasteiger partial charge in [-0.2, -0.15) is 5.10 Å². The lowest BCUT2D eigenvalue weighted by Crippen LogP contribution is -2.38. The number of rotatable bonds is 5. The third-order valence-corrected chi connectivity index (χ3v) is 5.39. The summed E-state index contributed by atoms with van der Waals surface area (Å²) in [7, 11) is 0. The number of aromatic nitrogens is 2. The first kappa shape index (κ1) is 16.4. The van der Waals surface area contributed by atoms with Gasteiger partial charge in [0.25, 0.3) is 5.91 Å². The van der Waals surface area contributed by atoms with E-state index < -0.39 is 0 Å². The fraction of sp³-hybridized carbons (Fsp3) is 0.579. The Labute approximate surface area is 148 Å².